The third-order valence-electron chi connectivity index (χ3n) is 5.16. The maximum atomic E-state index is 12.5. The number of ether oxygens (including phenoxy) is 2. The average Bonchev–Trinajstić information content (AvgIpc) is 3.46. The third kappa shape index (κ3) is 4.37. The molecule has 0 unspecified atom stereocenters. The summed E-state index contributed by atoms with van der Waals surface area (Å²) in [6.07, 6.45) is 0.504. The molecule has 0 radical (unpaired) electrons. The first-order chi connectivity index (χ1) is 16.0. The van der Waals surface area contributed by atoms with Gasteiger partial charge in [-0.1, -0.05) is 16.8 Å². The van der Waals surface area contributed by atoms with Crippen LogP contribution in [0.4, 0.5) is 5.69 Å². The van der Waals surface area contributed by atoms with Crippen LogP contribution < -0.4 is 14.8 Å². The molecule has 1 N–H and O–H groups in total. The summed E-state index contributed by atoms with van der Waals surface area (Å²) in [7, 11) is 0. The fourth-order valence-electron chi connectivity index (χ4n) is 3.47. The number of halogens is 1. The summed E-state index contributed by atoms with van der Waals surface area (Å²) >= 11 is 5.95. The minimum Gasteiger partial charge on any atom is -0.454 e. The number of amides is 2. The molecule has 1 aromatic heterocycles. The van der Waals surface area contributed by atoms with Gasteiger partial charge in [0.05, 0.1) is 0 Å². The number of aryl methyl sites for hydroxylation is 1. The minimum atomic E-state index is -0.384. The Bertz CT molecular complexity index is 1290. The van der Waals surface area contributed by atoms with Crippen LogP contribution in [0, 0.1) is 6.92 Å². The molecule has 3 aromatic rings. The van der Waals surface area contributed by atoms with Crippen LogP contribution in [0.2, 0.25) is 5.02 Å². The van der Waals surface area contributed by atoms with Gasteiger partial charge in [0, 0.05) is 29.1 Å². The number of nitrogens with one attached hydrogen (secondary N) is 1. The first-order valence-corrected chi connectivity index (χ1v) is 10.5. The Balaban J connectivity index is 1.31. The molecule has 3 heterocycles. The smallest absolute Gasteiger partial charge is 0.274 e. The zero-order valence-corrected chi connectivity index (χ0v) is 18.3. The fraction of sp³-hybridized carbons (Fsp3) is 0.227. The molecule has 5 rings (SSSR count). The third-order valence-corrected chi connectivity index (χ3v) is 5.40. The number of hydrogen-bond donors (Lipinski definition) is 1. The van der Waals surface area contributed by atoms with E-state index in [1.165, 1.54) is 0 Å². The molecule has 168 valence electrons. The van der Waals surface area contributed by atoms with Crippen LogP contribution in [0.3, 0.4) is 0 Å². The first kappa shape index (κ1) is 21.0. The van der Waals surface area contributed by atoms with Gasteiger partial charge in [-0.15, -0.1) is 0 Å². The second kappa shape index (κ2) is 8.55. The van der Waals surface area contributed by atoms with E-state index in [1.807, 2.05) is 6.92 Å². The Labute approximate surface area is 193 Å². The predicted octanol–water partition coefficient (Wildman–Crippen LogP) is 3.39. The van der Waals surface area contributed by atoms with Gasteiger partial charge in [0.25, 0.3) is 5.89 Å². The molecule has 0 bridgehead atoms. The number of hydrazone groups is 1. The number of anilines is 1. The maximum absolute atomic E-state index is 12.5. The van der Waals surface area contributed by atoms with Gasteiger partial charge < -0.3 is 19.3 Å². The lowest BCUT2D eigenvalue weighted by Crippen LogP contribution is -2.38. The Hall–Kier alpha value is -3.92. The molecule has 11 heteroatoms. The monoisotopic (exact) mass is 467 g/mol. The number of hydrogen-bond acceptors (Lipinski definition) is 8. The van der Waals surface area contributed by atoms with Gasteiger partial charge in [-0.2, -0.15) is 10.1 Å². The Morgan fingerprint density at radius 2 is 2.00 bits per heavy atom. The van der Waals surface area contributed by atoms with Crippen molar-refractivity contribution in [2.45, 2.75) is 19.8 Å². The van der Waals surface area contributed by atoms with Crippen LogP contribution in [0.25, 0.3) is 11.4 Å². The molecule has 33 heavy (non-hydrogen) atoms. The van der Waals surface area contributed by atoms with E-state index in [2.05, 4.69) is 20.6 Å². The van der Waals surface area contributed by atoms with E-state index in [0.29, 0.717) is 45.7 Å². The van der Waals surface area contributed by atoms with Crippen LogP contribution >= 0.6 is 11.6 Å². The van der Waals surface area contributed by atoms with Crippen LogP contribution in [-0.2, 0) is 9.59 Å². The molecule has 2 amide bonds. The fourth-order valence-corrected chi connectivity index (χ4v) is 3.69. The highest BCUT2D eigenvalue weighted by Crippen LogP contribution is 2.35. The highest BCUT2D eigenvalue weighted by Gasteiger charge is 2.27. The number of fused-ring (bicyclic) bond motifs is 1. The van der Waals surface area contributed by atoms with E-state index in [0.717, 1.165) is 10.6 Å². The standard InChI is InChI=1S/C22H18ClN5O5/c1-12-8-14(23)3-4-15(12)24-19(29)10-28-20(30)7-5-16(26-28)22-25-21(27-33-22)13-2-6-17-18(9-13)32-11-31-17/h2-4,6,8-9H,5,7,10-11H2,1H3,(H,24,29). The van der Waals surface area contributed by atoms with E-state index in [4.69, 9.17) is 25.6 Å². The average molecular weight is 468 g/mol. The normalized spacial score (nSPS) is 14.9. The number of benzene rings is 2. The summed E-state index contributed by atoms with van der Waals surface area (Å²) in [5.74, 6) is 1.15. The van der Waals surface area contributed by atoms with Crippen molar-refractivity contribution in [3.63, 3.8) is 0 Å². The van der Waals surface area contributed by atoms with Crippen molar-refractivity contribution in [1.29, 1.82) is 0 Å². The van der Waals surface area contributed by atoms with Gasteiger partial charge in [0.2, 0.25) is 24.4 Å². The molecule has 2 aliphatic rings. The molecule has 2 aliphatic heterocycles. The summed E-state index contributed by atoms with van der Waals surface area (Å²) in [5.41, 5.74) is 2.55. The number of carbonyl (C=O) groups excluding carboxylic acids is 2. The summed E-state index contributed by atoms with van der Waals surface area (Å²) in [6.45, 7) is 1.76. The van der Waals surface area contributed by atoms with E-state index in [1.54, 1.807) is 36.4 Å². The van der Waals surface area contributed by atoms with Gasteiger partial charge in [0.1, 0.15) is 12.3 Å². The van der Waals surface area contributed by atoms with Crippen molar-refractivity contribution in [2.24, 2.45) is 5.10 Å². The van der Waals surface area contributed by atoms with E-state index < -0.39 is 0 Å². The number of aromatic nitrogens is 2. The molecule has 0 spiro atoms. The lowest BCUT2D eigenvalue weighted by molar-refractivity contribution is -0.135. The summed E-state index contributed by atoms with van der Waals surface area (Å²) in [4.78, 5) is 29.2. The second-order valence-corrected chi connectivity index (χ2v) is 7.93. The maximum Gasteiger partial charge on any atom is 0.274 e. The predicted molar refractivity (Wildman–Crippen MR) is 118 cm³/mol. The number of nitrogens with zero attached hydrogens (tertiary/aromatic N) is 4. The van der Waals surface area contributed by atoms with E-state index in [-0.39, 0.29) is 37.5 Å². The molecule has 0 fully saturated rings. The van der Waals surface area contributed by atoms with Crippen molar-refractivity contribution in [2.75, 3.05) is 18.7 Å². The molecule has 0 saturated heterocycles. The molecule has 10 nitrogen and oxygen atoms in total. The Morgan fingerprint density at radius 3 is 2.85 bits per heavy atom. The topological polar surface area (TPSA) is 119 Å². The summed E-state index contributed by atoms with van der Waals surface area (Å²) < 4.78 is 16.1. The molecule has 2 aromatic carbocycles. The summed E-state index contributed by atoms with van der Waals surface area (Å²) in [6, 6.07) is 10.5. The number of carbonyl (C=O) groups is 2. The summed E-state index contributed by atoms with van der Waals surface area (Å²) in [5, 5.41) is 12.8. The zero-order valence-electron chi connectivity index (χ0n) is 17.5. The Kier molecular flexibility index (Phi) is 5.43. The highest BCUT2D eigenvalue weighted by molar-refractivity contribution is 6.30. The van der Waals surface area contributed by atoms with Crippen molar-refractivity contribution >= 4 is 34.8 Å². The minimum absolute atomic E-state index is 0.169. The van der Waals surface area contributed by atoms with Crippen molar-refractivity contribution < 1.29 is 23.6 Å². The van der Waals surface area contributed by atoms with Crippen LogP contribution in [0.5, 0.6) is 11.5 Å². The van der Waals surface area contributed by atoms with Gasteiger partial charge in [-0.3, -0.25) is 9.59 Å². The molecule has 0 atom stereocenters. The SMILES string of the molecule is Cc1cc(Cl)ccc1NC(=O)CN1N=C(c2nc(-c3ccc4c(c3)OCO4)no2)CCC1=O. The zero-order chi connectivity index (χ0) is 22.9. The molecule has 0 saturated carbocycles. The van der Waals surface area contributed by atoms with Gasteiger partial charge in [-0.05, 0) is 48.9 Å². The van der Waals surface area contributed by atoms with Gasteiger partial charge in [0.15, 0.2) is 11.5 Å². The van der Waals surface area contributed by atoms with Crippen molar-refractivity contribution in [3.05, 3.63) is 52.9 Å². The quantitative estimate of drug-likeness (QED) is 0.610. The van der Waals surface area contributed by atoms with E-state index in [9.17, 15) is 9.59 Å². The van der Waals surface area contributed by atoms with Crippen LogP contribution in [-0.4, -0.2) is 46.0 Å². The number of rotatable bonds is 5. The Morgan fingerprint density at radius 1 is 1.15 bits per heavy atom. The van der Waals surface area contributed by atoms with Crippen LogP contribution in [0.1, 0.15) is 24.3 Å². The molecule has 0 aliphatic carbocycles. The lowest BCUT2D eigenvalue weighted by Gasteiger charge is -2.22. The van der Waals surface area contributed by atoms with Crippen LogP contribution in [0.15, 0.2) is 46.0 Å². The molecular formula is C22H18ClN5O5. The highest BCUT2D eigenvalue weighted by atomic mass is 35.5. The van der Waals surface area contributed by atoms with Crippen molar-refractivity contribution in [3.8, 4) is 22.9 Å². The second-order valence-electron chi connectivity index (χ2n) is 7.50. The van der Waals surface area contributed by atoms with Gasteiger partial charge >= 0.3 is 0 Å². The first-order valence-electron chi connectivity index (χ1n) is 10.1. The molecular weight excluding hydrogens is 450 g/mol. The van der Waals surface area contributed by atoms with E-state index >= 15 is 0 Å². The lowest BCUT2D eigenvalue weighted by atomic mass is 10.1. The largest absolute Gasteiger partial charge is 0.454 e. The van der Waals surface area contributed by atoms with Crippen molar-refractivity contribution in [1.82, 2.24) is 15.1 Å². The van der Waals surface area contributed by atoms with Gasteiger partial charge in [-0.25, -0.2) is 5.01 Å².